The molecule has 27 heavy (non-hydrogen) atoms. The van der Waals surface area contributed by atoms with Gasteiger partial charge in [-0.1, -0.05) is 18.2 Å². The quantitative estimate of drug-likeness (QED) is 0.758. The number of hydrogen-bond acceptors (Lipinski definition) is 4. The van der Waals surface area contributed by atoms with Gasteiger partial charge in [0.2, 0.25) is 5.95 Å². The lowest BCUT2D eigenvalue weighted by atomic mass is 10.0. The van der Waals surface area contributed by atoms with Crippen molar-refractivity contribution in [1.82, 2.24) is 9.97 Å². The van der Waals surface area contributed by atoms with Crippen molar-refractivity contribution in [2.75, 3.05) is 16.8 Å². The first kappa shape index (κ1) is 17.1. The first-order valence-corrected chi connectivity index (χ1v) is 8.57. The molecule has 1 aliphatic heterocycles. The number of rotatable bonds is 3. The lowest BCUT2D eigenvalue weighted by molar-refractivity contribution is 0.102. The number of anilines is 3. The van der Waals surface area contributed by atoms with Crippen molar-refractivity contribution in [2.24, 2.45) is 0 Å². The highest BCUT2D eigenvalue weighted by molar-refractivity contribution is 6.03. The van der Waals surface area contributed by atoms with Crippen LogP contribution >= 0.6 is 0 Å². The molecule has 5 nitrogen and oxygen atoms in total. The molecule has 2 aromatic carbocycles. The van der Waals surface area contributed by atoms with Crippen LogP contribution in [0.2, 0.25) is 0 Å². The molecule has 0 aliphatic carbocycles. The molecule has 0 spiro atoms. The molecule has 3 aromatic rings. The van der Waals surface area contributed by atoms with Gasteiger partial charge in [0.15, 0.2) is 11.6 Å². The van der Waals surface area contributed by atoms with E-state index in [9.17, 15) is 13.6 Å². The lowest BCUT2D eigenvalue weighted by Gasteiger charge is -2.29. The Morgan fingerprint density at radius 3 is 2.78 bits per heavy atom. The van der Waals surface area contributed by atoms with Crippen molar-refractivity contribution >= 4 is 23.2 Å². The Hall–Kier alpha value is -3.35. The minimum atomic E-state index is -1.03. The molecule has 0 saturated heterocycles. The van der Waals surface area contributed by atoms with Crippen LogP contribution in [0.5, 0.6) is 0 Å². The SMILES string of the molecule is O=C(Nc1ccc(F)c(F)c1)c1ccnc(N2CCCc3ccccc32)n1. The van der Waals surface area contributed by atoms with E-state index in [0.29, 0.717) is 5.95 Å². The number of hydrogen-bond donors (Lipinski definition) is 1. The summed E-state index contributed by atoms with van der Waals surface area (Å²) in [6, 6.07) is 12.7. The fourth-order valence-electron chi connectivity index (χ4n) is 3.12. The third kappa shape index (κ3) is 3.48. The topological polar surface area (TPSA) is 58.1 Å². The van der Waals surface area contributed by atoms with Gasteiger partial charge in [0, 0.05) is 30.2 Å². The van der Waals surface area contributed by atoms with E-state index in [-0.39, 0.29) is 11.4 Å². The minimum absolute atomic E-state index is 0.146. The minimum Gasteiger partial charge on any atom is -0.321 e. The van der Waals surface area contributed by atoms with Crippen LogP contribution in [0.25, 0.3) is 0 Å². The number of aromatic nitrogens is 2. The zero-order chi connectivity index (χ0) is 18.8. The Morgan fingerprint density at radius 2 is 1.93 bits per heavy atom. The second-order valence-electron chi connectivity index (χ2n) is 6.21. The first-order valence-electron chi connectivity index (χ1n) is 8.57. The normalized spacial score (nSPS) is 13.2. The number of amides is 1. The highest BCUT2D eigenvalue weighted by Crippen LogP contribution is 2.31. The van der Waals surface area contributed by atoms with E-state index in [1.807, 2.05) is 23.1 Å². The van der Waals surface area contributed by atoms with E-state index < -0.39 is 17.5 Å². The van der Waals surface area contributed by atoms with Crippen molar-refractivity contribution in [2.45, 2.75) is 12.8 Å². The van der Waals surface area contributed by atoms with Crippen LogP contribution in [0.15, 0.2) is 54.7 Å². The van der Waals surface area contributed by atoms with E-state index in [0.717, 1.165) is 37.2 Å². The summed E-state index contributed by atoms with van der Waals surface area (Å²) in [5, 5.41) is 2.52. The number of para-hydroxylation sites is 1. The largest absolute Gasteiger partial charge is 0.321 e. The summed E-state index contributed by atoms with van der Waals surface area (Å²) in [5.41, 5.74) is 2.54. The number of nitrogens with zero attached hydrogens (tertiary/aromatic N) is 3. The molecule has 1 N–H and O–H groups in total. The summed E-state index contributed by atoms with van der Waals surface area (Å²) in [6.45, 7) is 0.755. The third-order valence-electron chi connectivity index (χ3n) is 4.40. The smallest absolute Gasteiger partial charge is 0.274 e. The molecule has 0 fully saturated rings. The average molecular weight is 366 g/mol. The molecule has 136 valence electrons. The van der Waals surface area contributed by atoms with E-state index in [2.05, 4.69) is 21.4 Å². The van der Waals surface area contributed by atoms with Crippen molar-refractivity contribution in [3.8, 4) is 0 Å². The first-order chi connectivity index (χ1) is 13.1. The molecule has 0 unspecified atom stereocenters. The van der Waals surface area contributed by atoms with E-state index in [1.54, 1.807) is 0 Å². The Bertz CT molecular complexity index is 1010. The fourth-order valence-corrected chi connectivity index (χ4v) is 3.12. The van der Waals surface area contributed by atoms with Gasteiger partial charge in [-0.2, -0.15) is 0 Å². The zero-order valence-corrected chi connectivity index (χ0v) is 14.3. The van der Waals surface area contributed by atoms with Crippen molar-refractivity contribution < 1.29 is 13.6 Å². The molecule has 0 bridgehead atoms. The average Bonchev–Trinajstić information content (AvgIpc) is 2.70. The van der Waals surface area contributed by atoms with E-state index in [4.69, 9.17) is 0 Å². The van der Waals surface area contributed by atoms with Crippen LogP contribution in [-0.2, 0) is 6.42 Å². The van der Waals surface area contributed by atoms with Crippen LogP contribution in [0.4, 0.5) is 26.1 Å². The van der Waals surface area contributed by atoms with E-state index in [1.165, 1.54) is 23.9 Å². The number of benzene rings is 2. The Balaban J connectivity index is 1.59. The molecule has 0 atom stereocenters. The van der Waals surface area contributed by atoms with Gasteiger partial charge >= 0.3 is 0 Å². The van der Waals surface area contributed by atoms with Crippen molar-refractivity contribution in [3.05, 3.63) is 77.6 Å². The monoisotopic (exact) mass is 366 g/mol. The van der Waals surface area contributed by atoms with Gasteiger partial charge in [0.1, 0.15) is 5.69 Å². The summed E-state index contributed by atoms with van der Waals surface area (Å²) in [7, 11) is 0. The van der Waals surface area contributed by atoms with Gasteiger partial charge in [-0.15, -0.1) is 0 Å². The summed E-state index contributed by atoms with van der Waals surface area (Å²) in [4.78, 5) is 23.1. The molecular weight excluding hydrogens is 350 g/mol. The molecule has 1 amide bonds. The maximum atomic E-state index is 13.3. The second kappa shape index (κ2) is 7.11. The summed E-state index contributed by atoms with van der Waals surface area (Å²) < 4.78 is 26.3. The third-order valence-corrected chi connectivity index (χ3v) is 4.40. The van der Waals surface area contributed by atoms with Gasteiger partial charge in [0.25, 0.3) is 5.91 Å². The zero-order valence-electron chi connectivity index (χ0n) is 14.3. The second-order valence-corrected chi connectivity index (χ2v) is 6.21. The maximum Gasteiger partial charge on any atom is 0.274 e. The Morgan fingerprint density at radius 1 is 1.07 bits per heavy atom. The molecule has 4 rings (SSSR count). The van der Waals surface area contributed by atoms with E-state index >= 15 is 0 Å². The lowest BCUT2D eigenvalue weighted by Crippen LogP contribution is -2.27. The van der Waals surface area contributed by atoms with Crippen LogP contribution < -0.4 is 10.2 Å². The highest BCUT2D eigenvalue weighted by atomic mass is 19.2. The van der Waals surface area contributed by atoms with Crippen molar-refractivity contribution in [3.63, 3.8) is 0 Å². The molecule has 2 heterocycles. The number of nitrogens with one attached hydrogen (secondary N) is 1. The molecule has 0 radical (unpaired) electrons. The molecular formula is C20H16F2N4O. The Kier molecular flexibility index (Phi) is 4.50. The predicted octanol–water partition coefficient (Wildman–Crippen LogP) is 4.09. The molecule has 1 aliphatic rings. The Labute approximate surface area is 154 Å². The van der Waals surface area contributed by atoms with Gasteiger partial charge in [-0.25, -0.2) is 18.7 Å². The summed E-state index contributed by atoms with van der Waals surface area (Å²) >= 11 is 0. The standard InChI is InChI=1S/C20H16F2N4O/c21-15-8-7-14(12-16(15)22)24-19(27)17-9-10-23-20(25-17)26-11-3-5-13-4-1-2-6-18(13)26/h1-2,4,6-10,12H,3,5,11H2,(H,24,27). The number of halogens is 2. The van der Waals surface area contributed by atoms with Crippen LogP contribution in [0.3, 0.4) is 0 Å². The maximum absolute atomic E-state index is 13.3. The molecule has 7 heteroatoms. The highest BCUT2D eigenvalue weighted by Gasteiger charge is 2.21. The van der Waals surface area contributed by atoms with Gasteiger partial charge in [-0.3, -0.25) is 4.79 Å². The summed E-state index contributed by atoms with van der Waals surface area (Å²) in [5.74, 6) is -2.09. The van der Waals surface area contributed by atoms with Crippen LogP contribution in [0.1, 0.15) is 22.5 Å². The van der Waals surface area contributed by atoms with Crippen LogP contribution in [0, 0.1) is 11.6 Å². The number of aryl methyl sites for hydroxylation is 1. The molecule has 0 saturated carbocycles. The predicted molar refractivity (Wildman–Crippen MR) is 98.1 cm³/mol. The number of carbonyl (C=O) groups excluding carboxylic acids is 1. The fraction of sp³-hybridized carbons (Fsp3) is 0.150. The number of carbonyl (C=O) groups is 1. The van der Waals surface area contributed by atoms with Crippen molar-refractivity contribution in [1.29, 1.82) is 0 Å². The van der Waals surface area contributed by atoms with Gasteiger partial charge in [0.05, 0.1) is 0 Å². The number of fused-ring (bicyclic) bond motifs is 1. The van der Waals surface area contributed by atoms with Crippen LogP contribution in [-0.4, -0.2) is 22.4 Å². The summed E-state index contributed by atoms with van der Waals surface area (Å²) in [6.07, 6.45) is 3.47. The van der Waals surface area contributed by atoms with Gasteiger partial charge < -0.3 is 10.2 Å². The van der Waals surface area contributed by atoms with Gasteiger partial charge in [-0.05, 0) is 42.7 Å². The molecule has 1 aromatic heterocycles.